The SMILES string of the molecule is Cc1nc2ccc(C(=O)N3CCC(O)(Cc4ccc(F)cc4)C3)cc2n1C. The van der Waals surface area contributed by atoms with Crippen molar-refractivity contribution >= 4 is 16.9 Å². The Bertz CT molecular complexity index is 1010. The fourth-order valence-corrected chi connectivity index (χ4v) is 3.78. The van der Waals surface area contributed by atoms with E-state index in [9.17, 15) is 14.3 Å². The van der Waals surface area contributed by atoms with Gasteiger partial charge in [0.2, 0.25) is 0 Å². The molecule has 0 saturated carbocycles. The molecule has 2 aromatic carbocycles. The second-order valence-electron chi connectivity index (χ2n) is 7.43. The summed E-state index contributed by atoms with van der Waals surface area (Å²) in [4.78, 5) is 19.1. The minimum Gasteiger partial charge on any atom is -0.388 e. The van der Waals surface area contributed by atoms with Crippen molar-refractivity contribution in [1.82, 2.24) is 14.5 Å². The monoisotopic (exact) mass is 367 g/mol. The minimum atomic E-state index is -0.985. The highest BCUT2D eigenvalue weighted by atomic mass is 19.1. The number of rotatable bonds is 3. The molecule has 1 aliphatic rings. The Labute approximate surface area is 157 Å². The van der Waals surface area contributed by atoms with Crippen LogP contribution in [0.15, 0.2) is 42.5 Å². The number of carbonyl (C=O) groups is 1. The van der Waals surface area contributed by atoms with Crippen LogP contribution >= 0.6 is 0 Å². The maximum atomic E-state index is 13.1. The summed E-state index contributed by atoms with van der Waals surface area (Å²) in [7, 11) is 1.93. The van der Waals surface area contributed by atoms with Crippen molar-refractivity contribution in [3.8, 4) is 0 Å². The average molecular weight is 367 g/mol. The van der Waals surface area contributed by atoms with Gasteiger partial charge in [-0.1, -0.05) is 12.1 Å². The van der Waals surface area contributed by atoms with E-state index >= 15 is 0 Å². The van der Waals surface area contributed by atoms with Crippen molar-refractivity contribution in [1.29, 1.82) is 0 Å². The Morgan fingerprint density at radius 3 is 2.74 bits per heavy atom. The zero-order valence-electron chi connectivity index (χ0n) is 15.4. The number of likely N-dealkylation sites (tertiary alicyclic amines) is 1. The summed E-state index contributed by atoms with van der Waals surface area (Å²) in [6.07, 6.45) is 0.903. The molecule has 4 rings (SSSR count). The molecule has 1 aromatic heterocycles. The number of nitrogens with zero attached hydrogens (tertiary/aromatic N) is 3. The molecule has 1 atom stereocenters. The molecule has 140 valence electrons. The van der Waals surface area contributed by atoms with Gasteiger partial charge in [0.15, 0.2) is 0 Å². The van der Waals surface area contributed by atoms with Crippen LogP contribution in [0.2, 0.25) is 0 Å². The predicted molar refractivity (Wildman–Crippen MR) is 101 cm³/mol. The standard InChI is InChI=1S/C21H22FN3O2/c1-14-23-18-8-5-16(11-19(18)24(14)2)20(26)25-10-9-21(27,13-25)12-15-3-6-17(22)7-4-15/h3-8,11,27H,9-10,12-13H2,1-2H3. The lowest BCUT2D eigenvalue weighted by atomic mass is 9.94. The largest absolute Gasteiger partial charge is 0.388 e. The fraction of sp³-hybridized carbons (Fsp3) is 0.333. The van der Waals surface area contributed by atoms with Crippen molar-refractivity contribution in [3.05, 3.63) is 65.2 Å². The second-order valence-corrected chi connectivity index (χ2v) is 7.43. The van der Waals surface area contributed by atoms with E-state index in [1.54, 1.807) is 23.1 Å². The lowest BCUT2D eigenvalue weighted by Crippen LogP contribution is -2.37. The number of β-amino-alcohol motifs (C(OH)–C–C–N with tert-alkyl or cyclic N) is 1. The third-order valence-corrected chi connectivity index (χ3v) is 5.42. The van der Waals surface area contributed by atoms with Gasteiger partial charge in [0.1, 0.15) is 11.6 Å². The van der Waals surface area contributed by atoms with Crippen LogP contribution in [0.3, 0.4) is 0 Å². The maximum absolute atomic E-state index is 13.1. The van der Waals surface area contributed by atoms with Crippen molar-refractivity contribution in [3.63, 3.8) is 0 Å². The Morgan fingerprint density at radius 2 is 2.00 bits per heavy atom. The lowest BCUT2D eigenvalue weighted by molar-refractivity contribution is 0.0445. The number of halogens is 1. The number of aromatic nitrogens is 2. The average Bonchev–Trinajstić information content (AvgIpc) is 3.17. The molecule has 6 heteroatoms. The molecule has 1 N–H and O–H groups in total. The molecule has 27 heavy (non-hydrogen) atoms. The first-order chi connectivity index (χ1) is 12.8. The van der Waals surface area contributed by atoms with Gasteiger partial charge in [-0.25, -0.2) is 9.37 Å². The molecule has 5 nitrogen and oxygen atoms in total. The molecule has 0 aliphatic carbocycles. The van der Waals surface area contributed by atoms with Gasteiger partial charge in [-0.05, 0) is 49.2 Å². The molecule has 1 aliphatic heterocycles. The summed E-state index contributed by atoms with van der Waals surface area (Å²) in [5, 5.41) is 10.9. The van der Waals surface area contributed by atoms with Crippen LogP contribution in [0.25, 0.3) is 11.0 Å². The van der Waals surface area contributed by atoms with E-state index in [0.29, 0.717) is 24.9 Å². The number of amides is 1. The highest BCUT2D eigenvalue weighted by Crippen LogP contribution is 2.27. The maximum Gasteiger partial charge on any atom is 0.254 e. The summed E-state index contributed by atoms with van der Waals surface area (Å²) < 4.78 is 15.0. The molecule has 1 unspecified atom stereocenters. The molecule has 1 saturated heterocycles. The minimum absolute atomic E-state index is 0.0919. The number of aliphatic hydroxyl groups is 1. The van der Waals surface area contributed by atoms with E-state index in [1.165, 1.54) is 12.1 Å². The summed E-state index contributed by atoms with van der Waals surface area (Å²) in [6, 6.07) is 11.6. The number of hydrogen-bond donors (Lipinski definition) is 1. The molecular formula is C21H22FN3O2. The Hall–Kier alpha value is -2.73. The fourth-order valence-electron chi connectivity index (χ4n) is 3.78. The van der Waals surface area contributed by atoms with Gasteiger partial charge < -0.3 is 14.6 Å². The van der Waals surface area contributed by atoms with Crippen molar-refractivity contribution in [2.75, 3.05) is 13.1 Å². The Kier molecular flexibility index (Phi) is 4.23. The van der Waals surface area contributed by atoms with E-state index in [1.807, 2.05) is 30.7 Å². The van der Waals surface area contributed by atoms with Gasteiger partial charge in [0.05, 0.1) is 23.2 Å². The Balaban J connectivity index is 1.51. The zero-order valence-corrected chi connectivity index (χ0v) is 15.4. The Morgan fingerprint density at radius 1 is 1.26 bits per heavy atom. The van der Waals surface area contributed by atoms with E-state index < -0.39 is 5.60 Å². The lowest BCUT2D eigenvalue weighted by Gasteiger charge is -2.23. The quantitative estimate of drug-likeness (QED) is 0.774. The number of benzene rings is 2. The van der Waals surface area contributed by atoms with Crippen LogP contribution in [0.4, 0.5) is 4.39 Å². The van der Waals surface area contributed by atoms with Crippen LogP contribution in [-0.2, 0) is 13.5 Å². The van der Waals surface area contributed by atoms with E-state index in [4.69, 9.17) is 0 Å². The van der Waals surface area contributed by atoms with Crippen LogP contribution in [0.1, 0.15) is 28.2 Å². The molecule has 2 heterocycles. The zero-order chi connectivity index (χ0) is 19.2. The van der Waals surface area contributed by atoms with Crippen LogP contribution in [0.5, 0.6) is 0 Å². The number of fused-ring (bicyclic) bond motifs is 1. The van der Waals surface area contributed by atoms with Crippen molar-refractivity contribution < 1.29 is 14.3 Å². The van der Waals surface area contributed by atoms with Crippen LogP contribution in [0, 0.1) is 12.7 Å². The molecule has 0 radical (unpaired) electrons. The molecule has 1 fully saturated rings. The summed E-state index contributed by atoms with van der Waals surface area (Å²) in [5.74, 6) is 0.505. The van der Waals surface area contributed by atoms with Gasteiger partial charge in [0, 0.05) is 25.6 Å². The smallest absolute Gasteiger partial charge is 0.254 e. The van der Waals surface area contributed by atoms with Gasteiger partial charge in [-0.2, -0.15) is 0 Å². The topological polar surface area (TPSA) is 58.4 Å². The normalized spacial score (nSPS) is 19.8. The van der Waals surface area contributed by atoms with E-state index in [0.717, 1.165) is 22.4 Å². The van der Waals surface area contributed by atoms with Crippen molar-refractivity contribution in [2.24, 2.45) is 7.05 Å². The van der Waals surface area contributed by atoms with Gasteiger partial charge in [-0.15, -0.1) is 0 Å². The first kappa shape index (κ1) is 17.7. The highest BCUT2D eigenvalue weighted by Gasteiger charge is 2.38. The van der Waals surface area contributed by atoms with Gasteiger partial charge in [-0.3, -0.25) is 4.79 Å². The second kappa shape index (κ2) is 6.46. The van der Waals surface area contributed by atoms with Crippen LogP contribution in [-0.4, -0.2) is 44.2 Å². The summed E-state index contributed by atoms with van der Waals surface area (Å²) in [6.45, 7) is 2.70. The van der Waals surface area contributed by atoms with E-state index in [2.05, 4.69) is 4.98 Å². The predicted octanol–water partition coefficient (Wildman–Crippen LogP) is 2.84. The molecule has 0 bridgehead atoms. The van der Waals surface area contributed by atoms with Crippen molar-refractivity contribution in [2.45, 2.75) is 25.4 Å². The van der Waals surface area contributed by atoms with E-state index in [-0.39, 0.29) is 18.3 Å². The van der Waals surface area contributed by atoms with Gasteiger partial charge >= 0.3 is 0 Å². The molecular weight excluding hydrogens is 345 g/mol. The van der Waals surface area contributed by atoms with Gasteiger partial charge in [0.25, 0.3) is 5.91 Å². The first-order valence-electron chi connectivity index (χ1n) is 9.04. The first-order valence-corrected chi connectivity index (χ1v) is 9.04. The number of aryl methyl sites for hydroxylation is 2. The number of carbonyl (C=O) groups excluding carboxylic acids is 1. The molecule has 0 spiro atoms. The number of hydrogen-bond acceptors (Lipinski definition) is 3. The number of imidazole rings is 1. The third-order valence-electron chi connectivity index (χ3n) is 5.42. The molecule has 3 aromatic rings. The highest BCUT2D eigenvalue weighted by molar-refractivity contribution is 5.97. The summed E-state index contributed by atoms with van der Waals surface area (Å²) in [5.41, 5.74) is 2.25. The summed E-state index contributed by atoms with van der Waals surface area (Å²) >= 11 is 0. The van der Waals surface area contributed by atoms with Crippen LogP contribution < -0.4 is 0 Å². The molecule has 1 amide bonds. The third kappa shape index (κ3) is 3.32.